The third-order valence-corrected chi connectivity index (χ3v) is 9.48. The zero-order chi connectivity index (χ0) is 33.0. The highest BCUT2D eigenvalue weighted by Gasteiger charge is 2.20. The molecule has 0 radical (unpaired) electrons. The standard InChI is InChI=1S/C45H28N4O/c1-4-14-29(15-5-1)33-21-13-25-39-41(33)37-20-10-11-24-38(37)49(39)45-47-43(31-18-8-3-9-19-31)46-44(48-45)32-26-27-35-36-23-12-22-34(30-16-6-2-7-17-30)42(36)50-40(35)28-32/h1-28H. The summed E-state index contributed by atoms with van der Waals surface area (Å²) in [7, 11) is 0. The van der Waals surface area contributed by atoms with Gasteiger partial charge >= 0.3 is 0 Å². The monoisotopic (exact) mass is 640 g/mol. The van der Waals surface area contributed by atoms with Gasteiger partial charge in [-0.05, 0) is 41.0 Å². The Kier molecular flexibility index (Phi) is 6.42. The Labute approximate surface area is 287 Å². The molecule has 10 rings (SSSR count). The van der Waals surface area contributed by atoms with E-state index in [1.54, 1.807) is 0 Å². The summed E-state index contributed by atoms with van der Waals surface area (Å²) in [6, 6.07) is 58.5. The molecule has 0 amide bonds. The summed E-state index contributed by atoms with van der Waals surface area (Å²) in [5.74, 6) is 1.73. The lowest BCUT2D eigenvalue weighted by molar-refractivity contribution is 0.670. The first-order chi connectivity index (χ1) is 24.8. The van der Waals surface area contributed by atoms with Crippen LogP contribution in [0, 0.1) is 0 Å². The van der Waals surface area contributed by atoms with Crippen LogP contribution in [0.4, 0.5) is 0 Å². The number of hydrogen-bond donors (Lipinski definition) is 0. The van der Waals surface area contributed by atoms with Crippen LogP contribution in [0.1, 0.15) is 0 Å². The van der Waals surface area contributed by atoms with E-state index in [1.807, 2.05) is 36.4 Å². The second-order valence-electron chi connectivity index (χ2n) is 12.4. The van der Waals surface area contributed by atoms with Crippen molar-refractivity contribution in [1.82, 2.24) is 19.5 Å². The van der Waals surface area contributed by atoms with Crippen molar-refractivity contribution >= 4 is 43.7 Å². The van der Waals surface area contributed by atoms with Crippen LogP contribution in [-0.2, 0) is 0 Å². The summed E-state index contributed by atoms with van der Waals surface area (Å²) < 4.78 is 8.78. The SMILES string of the molecule is c1ccc(-c2nc(-c3ccc4c(c3)oc3c(-c5ccccc5)cccc34)nc(-n3c4ccccc4c4c(-c5ccccc5)cccc43)n2)cc1. The number of aromatic nitrogens is 4. The van der Waals surface area contributed by atoms with E-state index >= 15 is 0 Å². The molecule has 0 bridgehead atoms. The maximum Gasteiger partial charge on any atom is 0.238 e. The number of hydrogen-bond acceptors (Lipinski definition) is 4. The van der Waals surface area contributed by atoms with Gasteiger partial charge in [0.15, 0.2) is 11.6 Å². The Bertz CT molecular complexity index is 2860. The number of furan rings is 1. The van der Waals surface area contributed by atoms with Crippen molar-refractivity contribution in [3.8, 4) is 51.0 Å². The smallest absolute Gasteiger partial charge is 0.238 e. The molecule has 0 unspecified atom stereocenters. The molecule has 0 atom stereocenters. The van der Waals surface area contributed by atoms with Gasteiger partial charge in [0.05, 0.1) is 11.0 Å². The molecular weight excluding hydrogens is 613 g/mol. The summed E-state index contributed by atoms with van der Waals surface area (Å²) in [6.45, 7) is 0. The molecule has 0 aliphatic carbocycles. The predicted octanol–water partition coefficient (Wildman–Crippen LogP) is 11.5. The Hall–Kier alpha value is -6.85. The molecule has 10 aromatic rings. The van der Waals surface area contributed by atoms with Crippen molar-refractivity contribution in [1.29, 1.82) is 0 Å². The molecule has 5 nitrogen and oxygen atoms in total. The Morgan fingerprint density at radius 1 is 0.400 bits per heavy atom. The summed E-state index contributed by atoms with van der Waals surface area (Å²) in [5.41, 5.74) is 10.0. The summed E-state index contributed by atoms with van der Waals surface area (Å²) in [4.78, 5) is 15.4. The number of benzene rings is 7. The van der Waals surface area contributed by atoms with Gasteiger partial charge in [-0.2, -0.15) is 9.97 Å². The van der Waals surface area contributed by atoms with E-state index < -0.39 is 0 Å². The van der Waals surface area contributed by atoms with Gasteiger partial charge in [-0.3, -0.25) is 4.57 Å². The van der Waals surface area contributed by atoms with Crippen LogP contribution >= 0.6 is 0 Å². The maximum atomic E-state index is 6.61. The van der Waals surface area contributed by atoms with E-state index in [-0.39, 0.29) is 0 Å². The van der Waals surface area contributed by atoms with Crippen LogP contribution < -0.4 is 0 Å². The molecule has 0 N–H and O–H groups in total. The van der Waals surface area contributed by atoms with Crippen LogP contribution in [0.3, 0.4) is 0 Å². The van der Waals surface area contributed by atoms with Crippen molar-refractivity contribution in [2.45, 2.75) is 0 Å². The van der Waals surface area contributed by atoms with Crippen molar-refractivity contribution in [2.75, 3.05) is 0 Å². The van der Waals surface area contributed by atoms with Crippen molar-refractivity contribution in [3.05, 3.63) is 170 Å². The number of fused-ring (bicyclic) bond motifs is 6. The lowest BCUT2D eigenvalue weighted by Crippen LogP contribution is -2.06. The minimum atomic E-state index is 0.557. The molecule has 0 saturated carbocycles. The van der Waals surface area contributed by atoms with E-state index in [0.29, 0.717) is 17.6 Å². The topological polar surface area (TPSA) is 56.7 Å². The van der Waals surface area contributed by atoms with E-state index in [0.717, 1.165) is 71.6 Å². The third kappa shape index (κ3) is 4.52. The molecule has 234 valence electrons. The van der Waals surface area contributed by atoms with Crippen LogP contribution in [-0.4, -0.2) is 19.5 Å². The molecule has 0 saturated heterocycles. The van der Waals surface area contributed by atoms with Crippen molar-refractivity contribution in [3.63, 3.8) is 0 Å². The largest absolute Gasteiger partial charge is 0.455 e. The Balaban J connectivity index is 1.21. The quantitative estimate of drug-likeness (QED) is 0.188. The highest BCUT2D eigenvalue weighted by molar-refractivity contribution is 6.15. The minimum Gasteiger partial charge on any atom is -0.455 e. The van der Waals surface area contributed by atoms with Gasteiger partial charge in [0.2, 0.25) is 5.95 Å². The molecule has 50 heavy (non-hydrogen) atoms. The molecule has 0 aliphatic rings. The predicted molar refractivity (Wildman–Crippen MR) is 203 cm³/mol. The lowest BCUT2D eigenvalue weighted by atomic mass is 9.99. The van der Waals surface area contributed by atoms with Crippen LogP contribution in [0.15, 0.2) is 174 Å². The van der Waals surface area contributed by atoms with E-state index in [9.17, 15) is 0 Å². The molecule has 0 fully saturated rings. The normalized spacial score (nSPS) is 11.6. The average Bonchev–Trinajstić information content (AvgIpc) is 3.74. The summed E-state index contributed by atoms with van der Waals surface area (Å²) in [5, 5.41) is 4.43. The van der Waals surface area contributed by atoms with E-state index in [1.165, 1.54) is 5.56 Å². The summed E-state index contributed by atoms with van der Waals surface area (Å²) in [6.07, 6.45) is 0. The van der Waals surface area contributed by atoms with E-state index in [4.69, 9.17) is 19.4 Å². The van der Waals surface area contributed by atoms with Gasteiger partial charge in [-0.25, -0.2) is 4.98 Å². The fourth-order valence-corrected chi connectivity index (χ4v) is 7.19. The van der Waals surface area contributed by atoms with Gasteiger partial charge in [0.25, 0.3) is 0 Å². The maximum absolute atomic E-state index is 6.61. The van der Waals surface area contributed by atoms with Crippen LogP contribution in [0.2, 0.25) is 0 Å². The summed E-state index contributed by atoms with van der Waals surface area (Å²) >= 11 is 0. The van der Waals surface area contributed by atoms with Crippen LogP contribution in [0.5, 0.6) is 0 Å². The second kappa shape index (κ2) is 11.4. The molecule has 5 heteroatoms. The van der Waals surface area contributed by atoms with Gasteiger partial charge in [-0.1, -0.05) is 146 Å². The first kappa shape index (κ1) is 28.2. The average molecular weight is 641 g/mol. The third-order valence-electron chi connectivity index (χ3n) is 9.48. The second-order valence-corrected chi connectivity index (χ2v) is 12.4. The highest BCUT2D eigenvalue weighted by Crippen LogP contribution is 2.40. The van der Waals surface area contributed by atoms with Gasteiger partial charge in [-0.15, -0.1) is 0 Å². The molecule has 3 aromatic heterocycles. The minimum absolute atomic E-state index is 0.557. The highest BCUT2D eigenvalue weighted by atomic mass is 16.3. The van der Waals surface area contributed by atoms with Gasteiger partial charge < -0.3 is 4.42 Å². The van der Waals surface area contributed by atoms with Crippen molar-refractivity contribution in [2.24, 2.45) is 0 Å². The zero-order valence-corrected chi connectivity index (χ0v) is 26.9. The fourth-order valence-electron chi connectivity index (χ4n) is 7.19. The Morgan fingerprint density at radius 3 is 1.74 bits per heavy atom. The molecule has 3 heterocycles. The van der Waals surface area contributed by atoms with Gasteiger partial charge in [0, 0.05) is 38.2 Å². The lowest BCUT2D eigenvalue weighted by Gasteiger charge is -2.11. The molecular formula is C45H28N4O. The first-order valence-corrected chi connectivity index (χ1v) is 16.7. The van der Waals surface area contributed by atoms with Crippen LogP contribution in [0.25, 0.3) is 94.7 Å². The molecule has 0 spiro atoms. The number of para-hydroxylation sites is 2. The first-order valence-electron chi connectivity index (χ1n) is 16.7. The molecule has 7 aromatic carbocycles. The number of rotatable bonds is 5. The number of nitrogens with zero attached hydrogens (tertiary/aromatic N) is 4. The van der Waals surface area contributed by atoms with E-state index in [2.05, 4.69) is 138 Å². The Morgan fingerprint density at radius 2 is 0.980 bits per heavy atom. The van der Waals surface area contributed by atoms with Crippen molar-refractivity contribution < 1.29 is 4.42 Å². The molecule has 0 aliphatic heterocycles. The van der Waals surface area contributed by atoms with Gasteiger partial charge in [0.1, 0.15) is 11.2 Å². The zero-order valence-electron chi connectivity index (χ0n) is 26.9. The fraction of sp³-hybridized carbons (Fsp3) is 0.